The molecule has 0 aliphatic carbocycles. The standard InChI is InChI=1S/C12H16BrN3O2/c1-7(9-5-3-4-6-10(9)13)15-8(2)11(17)16-12(14)18/h3-8,15H,1-2H3,(H3,14,16,17,18)/t7-,8?/m1/s1. The number of urea groups is 1. The van der Waals surface area contributed by atoms with Crippen LogP contribution in [0.3, 0.4) is 0 Å². The molecule has 6 heteroatoms. The molecule has 98 valence electrons. The lowest BCUT2D eigenvalue weighted by Gasteiger charge is -2.20. The summed E-state index contributed by atoms with van der Waals surface area (Å²) in [6.07, 6.45) is 0. The van der Waals surface area contributed by atoms with Crippen LogP contribution >= 0.6 is 15.9 Å². The fraction of sp³-hybridized carbons (Fsp3) is 0.333. The Kier molecular flexibility index (Phi) is 5.30. The molecule has 1 unspecified atom stereocenters. The van der Waals surface area contributed by atoms with Crippen LogP contribution in [-0.4, -0.2) is 18.0 Å². The zero-order chi connectivity index (χ0) is 13.7. The van der Waals surface area contributed by atoms with E-state index in [1.54, 1.807) is 6.92 Å². The van der Waals surface area contributed by atoms with Crippen molar-refractivity contribution in [2.75, 3.05) is 0 Å². The van der Waals surface area contributed by atoms with Crippen molar-refractivity contribution in [2.24, 2.45) is 5.73 Å². The number of halogens is 1. The number of carbonyl (C=O) groups is 2. The molecule has 2 atom stereocenters. The maximum Gasteiger partial charge on any atom is 0.318 e. The molecule has 1 rings (SSSR count). The first-order valence-electron chi connectivity index (χ1n) is 5.52. The molecule has 0 bridgehead atoms. The minimum atomic E-state index is -0.845. The molecular weight excluding hydrogens is 298 g/mol. The van der Waals surface area contributed by atoms with Gasteiger partial charge in [-0.2, -0.15) is 0 Å². The Bertz CT molecular complexity index is 451. The largest absolute Gasteiger partial charge is 0.351 e. The monoisotopic (exact) mass is 313 g/mol. The van der Waals surface area contributed by atoms with Crippen LogP contribution in [0.5, 0.6) is 0 Å². The van der Waals surface area contributed by atoms with Gasteiger partial charge in [-0.25, -0.2) is 4.79 Å². The van der Waals surface area contributed by atoms with E-state index in [0.29, 0.717) is 0 Å². The van der Waals surface area contributed by atoms with Crippen LogP contribution in [0.1, 0.15) is 25.5 Å². The van der Waals surface area contributed by atoms with Crippen molar-refractivity contribution in [3.05, 3.63) is 34.3 Å². The summed E-state index contributed by atoms with van der Waals surface area (Å²) in [4.78, 5) is 22.1. The van der Waals surface area contributed by atoms with Gasteiger partial charge in [-0.05, 0) is 25.5 Å². The Morgan fingerprint density at radius 3 is 2.44 bits per heavy atom. The molecule has 0 aliphatic rings. The van der Waals surface area contributed by atoms with Crippen molar-refractivity contribution in [1.29, 1.82) is 0 Å². The summed E-state index contributed by atoms with van der Waals surface area (Å²) in [5.41, 5.74) is 5.93. The highest BCUT2D eigenvalue weighted by atomic mass is 79.9. The molecule has 5 nitrogen and oxygen atoms in total. The van der Waals surface area contributed by atoms with Gasteiger partial charge in [-0.3, -0.25) is 15.4 Å². The minimum Gasteiger partial charge on any atom is -0.351 e. The number of nitrogens with one attached hydrogen (secondary N) is 2. The number of imide groups is 1. The van der Waals surface area contributed by atoms with E-state index in [2.05, 4.69) is 21.2 Å². The maximum atomic E-state index is 11.5. The molecule has 1 aromatic carbocycles. The van der Waals surface area contributed by atoms with Crippen molar-refractivity contribution in [3.63, 3.8) is 0 Å². The van der Waals surface area contributed by atoms with Crippen molar-refractivity contribution < 1.29 is 9.59 Å². The highest BCUT2D eigenvalue weighted by Crippen LogP contribution is 2.22. The van der Waals surface area contributed by atoms with Crippen molar-refractivity contribution in [1.82, 2.24) is 10.6 Å². The first-order chi connectivity index (χ1) is 8.41. The van der Waals surface area contributed by atoms with E-state index in [9.17, 15) is 9.59 Å². The topological polar surface area (TPSA) is 84.2 Å². The van der Waals surface area contributed by atoms with Gasteiger partial charge in [0, 0.05) is 10.5 Å². The molecule has 0 aromatic heterocycles. The van der Waals surface area contributed by atoms with Gasteiger partial charge in [-0.15, -0.1) is 0 Å². The summed E-state index contributed by atoms with van der Waals surface area (Å²) < 4.78 is 0.965. The van der Waals surface area contributed by atoms with E-state index in [1.807, 2.05) is 36.5 Å². The number of rotatable bonds is 4. The number of carbonyl (C=O) groups excluding carboxylic acids is 2. The molecule has 4 N–H and O–H groups in total. The van der Waals surface area contributed by atoms with Gasteiger partial charge < -0.3 is 5.73 Å². The summed E-state index contributed by atoms with van der Waals surface area (Å²) >= 11 is 3.45. The minimum absolute atomic E-state index is 0.0331. The predicted molar refractivity (Wildman–Crippen MR) is 72.9 cm³/mol. The summed E-state index contributed by atoms with van der Waals surface area (Å²) in [6.45, 7) is 3.61. The van der Waals surface area contributed by atoms with Crippen molar-refractivity contribution in [2.45, 2.75) is 25.9 Å². The summed E-state index contributed by atoms with van der Waals surface area (Å²) in [7, 11) is 0. The van der Waals surface area contributed by atoms with E-state index in [4.69, 9.17) is 5.73 Å². The second-order valence-electron chi connectivity index (χ2n) is 3.99. The van der Waals surface area contributed by atoms with Gasteiger partial charge in [0.1, 0.15) is 0 Å². The van der Waals surface area contributed by atoms with E-state index in [0.717, 1.165) is 10.0 Å². The Balaban J connectivity index is 2.65. The molecule has 0 fully saturated rings. The lowest BCUT2D eigenvalue weighted by molar-refractivity contribution is -0.121. The molecule has 0 spiro atoms. The van der Waals surface area contributed by atoms with E-state index >= 15 is 0 Å². The van der Waals surface area contributed by atoms with Gasteiger partial charge in [0.25, 0.3) is 0 Å². The average Bonchev–Trinajstić information content (AvgIpc) is 2.28. The average molecular weight is 314 g/mol. The first kappa shape index (κ1) is 14.7. The maximum absolute atomic E-state index is 11.5. The molecule has 0 radical (unpaired) electrons. The van der Waals surface area contributed by atoms with Gasteiger partial charge in [0.2, 0.25) is 5.91 Å². The van der Waals surface area contributed by atoms with Gasteiger partial charge in [-0.1, -0.05) is 34.1 Å². The number of hydrogen-bond donors (Lipinski definition) is 3. The number of nitrogens with two attached hydrogens (primary N) is 1. The molecule has 3 amide bonds. The Hall–Kier alpha value is -1.40. The highest BCUT2D eigenvalue weighted by molar-refractivity contribution is 9.10. The van der Waals surface area contributed by atoms with Gasteiger partial charge in [0.15, 0.2) is 0 Å². The third kappa shape index (κ3) is 4.12. The van der Waals surface area contributed by atoms with E-state index in [1.165, 1.54) is 0 Å². The second kappa shape index (κ2) is 6.51. The highest BCUT2D eigenvalue weighted by Gasteiger charge is 2.18. The Morgan fingerprint density at radius 1 is 1.28 bits per heavy atom. The lowest BCUT2D eigenvalue weighted by atomic mass is 10.1. The van der Waals surface area contributed by atoms with Crippen LogP contribution in [0, 0.1) is 0 Å². The van der Waals surface area contributed by atoms with Crippen LogP contribution in [0.2, 0.25) is 0 Å². The number of amides is 3. The van der Waals surface area contributed by atoms with Crippen LogP contribution in [0.15, 0.2) is 28.7 Å². The quantitative estimate of drug-likeness (QED) is 0.790. The van der Waals surface area contributed by atoms with Gasteiger partial charge in [0.05, 0.1) is 6.04 Å². The molecule has 0 saturated carbocycles. The fourth-order valence-electron chi connectivity index (χ4n) is 1.60. The molecule has 0 saturated heterocycles. The smallest absolute Gasteiger partial charge is 0.318 e. The number of hydrogen-bond acceptors (Lipinski definition) is 3. The third-order valence-corrected chi connectivity index (χ3v) is 3.23. The number of benzene rings is 1. The summed E-state index contributed by atoms with van der Waals surface area (Å²) in [6, 6.07) is 6.34. The molecular formula is C12H16BrN3O2. The summed E-state index contributed by atoms with van der Waals surface area (Å²) in [5, 5.41) is 5.13. The Labute approximate surface area is 114 Å². The van der Waals surface area contributed by atoms with Crippen molar-refractivity contribution >= 4 is 27.9 Å². The first-order valence-corrected chi connectivity index (χ1v) is 6.32. The van der Waals surface area contributed by atoms with Crippen LogP contribution in [0.25, 0.3) is 0 Å². The third-order valence-electron chi connectivity index (χ3n) is 2.51. The lowest BCUT2D eigenvalue weighted by Crippen LogP contribution is -2.47. The van der Waals surface area contributed by atoms with Crippen LogP contribution in [0.4, 0.5) is 4.79 Å². The summed E-state index contributed by atoms with van der Waals surface area (Å²) in [5.74, 6) is -0.443. The SMILES string of the molecule is CC(N[C@H](C)c1ccccc1Br)C(=O)NC(N)=O. The molecule has 18 heavy (non-hydrogen) atoms. The van der Waals surface area contributed by atoms with E-state index < -0.39 is 18.0 Å². The van der Waals surface area contributed by atoms with Crippen LogP contribution in [-0.2, 0) is 4.79 Å². The number of primary amides is 1. The normalized spacial score (nSPS) is 13.7. The molecule has 1 aromatic rings. The Morgan fingerprint density at radius 2 is 1.89 bits per heavy atom. The molecule has 0 heterocycles. The second-order valence-corrected chi connectivity index (χ2v) is 4.84. The van der Waals surface area contributed by atoms with Gasteiger partial charge >= 0.3 is 6.03 Å². The van der Waals surface area contributed by atoms with E-state index in [-0.39, 0.29) is 6.04 Å². The molecule has 0 aliphatic heterocycles. The van der Waals surface area contributed by atoms with Crippen molar-refractivity contribution in [3.8, 4) is 0 Å². The zero-order valence-corrected chi connectivity index (χ0v) is 11.8. The van der Waals surface area contributed by atoms with Crippen LogP contribution < -0.4 is 16.4 Å². The fourth-order valence-corrected chi connectivity index (χ4v) is 2.22. The zero-order valence-electron chi connectivity index (χ0n) is 10.2. The predicted octanol–water partition coefficient (Wildman–Crippen LogP) is 1.68.